The first-order chi connectivity index (χ1) is 5.84. The van der Waals surface area contributed by atoms with Crippen molar-refractivity contribution in [3.05, 3.63) is 12.1 Å². The lowest BCUT2D eigenvalue weighted by Crippen LogP contribution is -1.96. The van der Waals surface area contributed by atoms with Gasteiger partial charge in [0.15, 0.2) is 5.03 Å². The third-order valence-electron chi connectivity index (χ3n) is 1.13. The molecule has 2 heterocycles. The maximum atomic E-state index is 4.20. The van der Waals surface area contributed by atoms with E-state index in [1.807, 2.05) is 12.8 Å². The Morgan fingerprint density at radius 2 is 2.58 bits per heavy atom. The van der Waals surface area contributed by atoms with E-state index in [0.717, 1.165) is 10.1 Å². The van der Waals surface area contributed by atoms with Crippen LogP contribution >= 0.6 is 23.7 Å². The number of aromatic nitrogens is 3. The highest BCUT2D eigenvalue weighted by atomic mass is 32.2. The van der Waals surface area contributed by atoms with Crippen LogP contribution in [0.4, 0.5) is 0 Å². The van der Waals surface area contributed by atoms with Gasteiger partial charge >= 0.3 is 0 Å². The van der Waals surface area contributed by atoms with Crippen molar-refractivity contribution in [1.29, 1.82) is 0 Å². The average molecular weight is 200 g/mol. The van der Waals surface area contributed by atoms with Gasteiger partial charge in [-0.1, -0.05) is 17.0 Å². The largest absolute Gasteiger partial charge is 0.264 e. The smallest absolute Gasteiger partial charge is 0.160 e. The Kier molecular flexibility index (Phi) is 2.22. The Hall–Kier alpha value is -0.690. The van der Waals surface area contributed by atoms with Crippen molar-refractivity contribution in [2.45, 2.75) is 11.9 Å². The molecule has 1 aliphatic heterocycles. The molecule has 7 heteroatoms. The molecule has 0 saturated carbocycles. The zero-order chi connectivity index (χ0) is 8.39. The van der Waals surface area contributed by atoms with Gasteiger partial charge in [0.05, 0.1) is 11.2 Å². The van der Waals surface area contributed by atoms with E-state index in [0.29, 0.717) is 0 Å². The van der Waals surface area contributed by atoms with Crippen molar-refractivity contribution < 1.29 is 0 Å². The molecule has 0 unspecified atom stereocenters. The van der Waals surface area contributed by atoms with Gasteiger partial charge in [-0.25, -0.2) is 4.41 Å². The second-order valence-electron chi connectivity index (χ2n) is 2.05. The maximum Gasteiger partial charge on any atom is 0.160 e. The fourth-order valence-electron chi connectivity index (χ4n) is 0.681. The predicted octanol–water partition coefficient (Wildman–Crippen LogP) is 1.31. The SMILES string of the molecule is CC1=NN(Sc2c[nH]nn2)[CH]S1. The number of hydrazone groups is 1. The quantitative estimate of drug-likeness (QED) is 0.729. The first-order valence-corrected chi connectivity index (χ1v) is 4.89. The zero-order valence-electron chi connectivity index (χ0n) is 6.26. The second-order valence-corrected chi connectivity index (χ2v) is 4.06. The third kappa shape index (κ3) is 1.72. The molecule has 0 fully saturated rings. The van der Waals surface area contributed by atoms with Crippen molar-refractivity contribution in [2.24, 2.45) is 5.10 Å². The molecule has 1 aromatic rings. The van der Waals surface area contributed by atoms with Crippen LogP contribution in [0.25, 0.3) is 0 Å². The minimum atomic E-state index is 0.810. The molecule has 5 nitrogen and oxygen atoms in total. The number of nitrogens with one attached hydrogen (secondary N) is 1. The van der Waals surface area contributed by atoms with Crippen LogP contribution in [0.3, 0.4) is 0 Å². The van der Waals surface area contributed by atoms with Crippen LogP contribution in [0.5, 0.6) is 0 Å². The van der Waals surface area contributed by atoms with E-state index in [-0.39, 0.29) is 0 Å². The van der Waals surface area contributed by atoms with Crippen molar-refractivity contribution in [3.63, 3.8) is 0 Å². The Bertz CT molecular complexity index is 282. The molecule has 63 valence electrons. The number of hydrogen-bond donors (Lipinski definition) is 1. The zero-order valence-corrected chi connectivity index (χ0v) is 7.89. The molecule has 0 aliphatic carbocycles. The Balaban J connectivity index is 1.97. The fourth-order valence-corrected chi connectivity index (χ4v) is 2.00. The van der Waals surface area contributed by atoms with Gasteiger partial charge in [-0.2, -0.15) is 5.10 Å². The van der Waals surface area contributed by atoms with Crippen LogP contribution in [0.15, 0.2) is 16.3 Å². The molecule has 0 atom stereocenters. The predicted molar refractivity (Wildman–Crippen MR) is 49.1 cm³/mol. The lowest BCUT2D eigenvalue weighted by Gasteiger charge is -2.05. The van der Waals surface area contributed by atoms with E-state index in [2.05, 4.69) is 20.5 Å². The van der Waals surface area contributed by atoms with Crippen molar-refractivity contribution in [3.8, 4) is 0 Å². The molecule has 0 saturated heterocycles. The second kappa shape index (κ2) is 3.36. The van der Waals surface area contributed by atoms with E-state index < -0.39 is 0 Å². The Morgan fingerprint density at radius 1 is 1.67 bits per heavy atom. The minimum absolute atomic E-state index is 0.810. The van der Waals surface area contributed by atoms with Crippen LogP contribution in [0, 0.1) is 5.88 Å². The van der Waals surface area contributed by atoms with Crippen LogP contribution < -0.4 is 0 Å². The fraction of sp³-hybridized carbons (Fsp3) is 0.200. The molecule has 0 bridgehead atoms. The summed E-state index contributed by atoms with van der Waals surface area (Å²) in [7, 11) is 0. The minimum Gasteiger partial charge on any atom is -0.264 e. The van der Waals surface area contributed by atoms with E-state index in [9.17, 15) is 0 Å². The molecule has 12 heavy (non-hydrogen) atoms. The Labute approximate surface area is 78.1 Å². The molecular weight excluding hydrogens is 194 g/mol. The first kappa shape index (κ1) is 7.93. The van der Waals surface area contributed by atoms with Crippen LogP contribution in [-0.4, -0.2) is 24.9 Å². The molecule has 1 aliphatic rings. The van der Waals surface area contributed by atoms with Gasteiger partial charge in [0, 0.05) is 11.9 Å². The summed E-state index contributed by atoms with van der Waals surface area (Å²) in [5, 5.41) is 16.1. The van der Waals surface area contributed by atoms with Gasteiger partial charge in [0.2, 0.25) is 0 Å². The highest BCUT2D eigenvalue weighted by Crippen LogP contribution is 2.31. The lowest BCUT2D eigenvalue weighted by atomic mass is 10.9. The van der Waals surface area contributed by atoms with Crippen LogP contribution in [0.1, 0.15) is 6.92 Å². The summed E-state index contributed by atoms with van der Waals surface area (Å²) in [4.78, 5) is 0. The summed E-state index contributed by atoms with van der Waals surface area (Å²) in [5.41, 5.74) is 0. The molecule has 1 N–H and O–H groups in total. The lowest BCUT2D eigenvalue weighted by molar-refractivity contribution is 0.663. The number of hydrogen-bond acceptors (Lipinski definition) is 6. The standard InChI is InChI=1S/C5H6N5S2/c1-4-8-10(3-11-4)12-5-2-6-9-7-5/h2-3H,1H3,(H,6,7,9). The van der Waals surface area contributed by atoms with Gasteiger partial charge in [0.25, 0.3) is 0 Å². The van der Waals surface area contributed by atoms with Gasteiger partial charge < -0.3 is 0 Å². The molecule has 0 aromatic carbocycles. The Morgan fingerprint density at radius 3 is 3.17 bits per heavy atom. The van der Waals surface area contributed by atoms with Crippen molar-refractivity contribution in [1.82, 2.24) is 19.8 Å². The molecule has 0 amide bonds. The molecule has 1 aromatic heterocycles. The summed E-state index contributed by atoms with van der Waals surface area (Å²) in [6.07, 6.45) is 1.73. The van der Waals surface area contributed by atoms with Crippen molar-refractivity contribution in [2.75, 3.05) is 0 Å². The molecule has 1 radical (unpaired) electrons. The topological polar surface area (TPSA) is 57.2 Å². The number of nitrogens with zero attached hydrogens (tertiary/aromatic N) is 4. The summed E-state index contributed by atoms with van der Waals surface area (Å²) in [5.74, 6) is 1.93. The summed E-state index contributed by atoms with van der Waals surface area (Å²) in [6, 6.07) is 0. The van der Waals surface area contributed by atoms with Crippen LogP contribution in [0.2, 0.25) is 0 Å². The highest BCUT2D eigenvalue weighted by Gasteiger charge is 2.14. The van der Waals surface area contributed by atoms with E-state index in [4.69, 9.17) is 0 Å². The van der Waals surface area contributed by atoms with E-state index in [1.54, 1.807) is 22.4 Å². The molecule has 2 rings (SSSR count). The van der Waals surface area contributed by atoms with Crippen molar-refractivity contribution >= 4 is 28.8 Å². The average Bonchev–Trinajstić information content (AvgIpc) is 2.63. The summed E-state index contributed by atoms with van der Waals surface area (Å²) in [6.45, 7) is 1.96. The number of aromatic amines is 1. The molecule has 0 spiro atoms. The van der Waals surface area contributed by atoms with Gasteiger partial charge in [0.1, 0.15) is 5.88 Å². The highest BCUT2D eigenvalue weighted by molar-refractivity contribution is 8.16. The number of H-pyrrole nitrogens is 1. The third-order valence-corrected chi connectivity index (χ3v) is 2.76. The molecular formula is C5H6N5S2. The summed E-state index contributed by atoms with van der Waals surface area (Å²) >= 11 is 3.03. The number of rotatable bonds is 2. The first-order valence-electron chi connectivity index (χ1n) is 3.23. The monoisotopic (exact) mass is 200 g/mol. The van der Waals surface area contributed by atoms with Gasteiger partial charge in [-0.15, -0.1) is 5.10 Å². The normalized spacial score (nSPS) is 16.8. The van der Waals surface area contributed by atoms with E-state index >= 15 is 0 Å². The van der Waals surface area contributed by atoms with E-state index in [1.165, 1.54) is 11.9 Å². The van der Waals surface area contributed by atoms with Gasteiger partial charge in [-0.3, -0.25) is 5.10 Å². The summed E-state index contributed by atoms with van der Waals surface area (Å²) < 4.78 is 1.76. The van der Waals surface area contributed by atoms with Gasteiger partial charge in [-0.05, 0) is 6.92 Å². The maximum absolute atomic E-state index is 4.20. The number of thioether (sulfide) groups is 1. The van der Waals surface area contributed by atoms with Crippen LogP contribution in [-0.2, 0) is 0 Å².